The predicted molar refractivity (Wildman–Crippen MR) is 121 cm³/mol. The highest BCUT2D eigenvalue weighted by Crippen LogP contribution is 2.28. The maximum absolute atomic E-state index is 12.9. The highest BCUT2D eigenvalue weighted by atomic mass is 35.5. The molecule has 0 aliphatic heterocycles. The van der Waals surface area contributed by atoms with Gasteiger partial charge in [-0.25, -0.2) is 0 Å². The largest absolute Gasteiger partial charge is 0.493 e. The van der Waals surface area contributed by atoms with Gasteiger partial charge in [0.15, 0.2) is 11.5 Å². The van der Waals surface area contributed by atoms with Crippen LogP contribution in [0.2, 0.25) is 5.02 Å². The minimum atomic E-state index is -0.453. The number of fused-ring (bicyclic) bond motifs is 1. The molecule has 0 atom stereocenters. The van der Waals surface area contributed by atoms with E-state index in [2.05, 4.69) is 10.1 Å². The summed E-state index contributed by atoms with van der Waals surface area (Å²) in [4.78, 5) is 29.6. The van der Waals surface area contributed by atoms with Crippen molar-refractivity contribution in [3.63, 3.8) is 0 Å². The molecule has 4 rings (SSSR count). The Balaban J connectivity index is 1.75. The molecule has 9 heteroatoms. The van der Waals surface area contributed by atoms with Crippen molar-refractivity contribution in [2.75, 3.05) is 13.7 Å². The van der Waals surface area contributed by atoms with Crippen LogP contribution in [0.1, 0.15) is 23.7 Å². The van der Waals surface area contributed by atoms with Crippen LogP contribution in [0.3, 0.4) is 0 Å². The van der Waals surface area contributed by atoms with Crippen LogP contribution in [0.5, 0.6) is 11.5 Å². The summed E-state index contributed by atoms with van der Waals surface area (Å²) in [6.07, 6.45) is 1.97. The smallest absolute Gasteiger partial charge is 0.296 e. The summed E-state index contributed by atoms with van der Waals surface area (Å²) in [6.45, 7) is 2.41. The Hall–Kier alpha value is -3.23. The lowest BCUT2D eigenvalue weighted by Gasteiger charge is -2.09. The van der Waals surface area contributed by atoms with Gasteiger partial charge in [0, 0.05) is 11.4 Å². The number of aromatic nitrogens is 3. The summed E-state index contributed by atoms with van der Waals surface area (Å²) in [5, 5.41) is 4.87. The van der Waals surface area contributed by atoms with Gasteiger partial charge in [0.25, 0.3) is 11.1 Å². The lowest BCUT2D eigenvalue weighted by atomic mass is 10.1. The second-order valence-corrected chi connectivity index (χ2v) is 8.07. The minimum Gasteiger partial charge on any atom is -0.493 e. The van der Waals surface area contributed by atoms with E-state index in [1.165, 1.54) is 4.52 Å². The van der Waals surface area contributed by atoms with Crippen LogP contribution < -0.4 is 25.1 Å². The van der Waals surface area contributed by atoms with Gasteiger partial charge in [-0.3, -0.25) is 9.59 Å². The molecule has 0 amide bonds. The quantitative estimate of drug-likeness (QED) is 0.444. The Labute approximate surface area is 186 Å². The number of ether oxygens (including phenoxy) is 2. The van der Waals surface area contributed by atoms with Crippen LogP contribution in [-0.4, -0.2) is 28.3 Å². The third-order valence-electron chi connectivity index (χ3n) is 4.52. The number of thiazole rings is 1. The molecule has 0 unspecified atom stereocenters. The standard InChI is InChI=1S/C22H18ClN3O4S/c1-3-30-17-9-6-14(11-18(17)29-2)12-19-21(28)26-22(31-19)24-20(27)16(25-26)10-13-4-7-15(23)8-5-13/h4-9,11-12H,3,10H2,1-2H3/b19-12+. The number of nitrogens with zero attached hydrogens (tertiary/aromatic N) is 3. The Morgan fingerprint density at radius 2 is 1.90 bits per heavy atom. The molecule has 0 radical (unpaired) electrons. The zero-order chi connectivity index (χ0) is 22.0. The predicted octanol–water partition coefficient (Wildman–Crippen LogP) is 2.71. The fourth-order valence-corrected chi connectivity index (χ4v) is 4.08. The van der Waals surface area contributed by atoms with E-state index < -0.39 is 5.56 Å². The zero-order valence-electron chi connectivity index (χ0n) is 16.8. The van der Waals surface area contributed by atoms with Gasteiger partial charge in [-0.2, -0.15) is 14.6 Å². The maximum atomic E-state index is 12.9. The molecular weight excluding hydrogens is 438 g/mol. The number of halogens is 1. The van der Waals surface area contributed by atoms with E-state index in [1.807, 2.05) is 25.1 Å². The molecule has 2 aromatic carbocycles. The van der Waals surface area contributed by atoms with Gasteiger partial charge in [-0.1, -0.05) is 41.1 Å². The molecule has 4 aromatic rings. The Kier molecular flexibility index (Phi) is 6.01. The minimum absolute atomic E-state index is 0.198. The van der Waals surface area contributed by atoms with Crippen LogP contribution in [0.25, 0.3) is 11.0 Å². The van der Waals surface area contributed by atoms with Crippen molar-refractivity contribution in [3.8, 4) is 11.5 Å². The van der Waals surface area contributed by atoms with Crippen LogP contribution in [0.15, 0.2) is 52.1 Å². The summed E-state index contributed by atoms with van der Waals surface area (Å²) < 4.78 is 12.5. The number of benzene rings is 2. The van der Waals surface area contributed by atoms with Crippen LogP contribution in [-0.2, 0) is 6.42 Å². The van der Waals surface area contributed by atoms with Crippen LogP contribution in [0, 0.1) is 0 Å². The third kappa shape index (κ3) is 4.45. The summed E-state index contributed by atoms with van der Waals surface area (Å²) in [7, 11) is 1.56. The lowest BCUT2D eigenvalue weighted by Crippen LogP contribution is -2.28. The zero-order valence-corrected chi connectivity index (χ0v) is 18.4. The molecule has 0 aliphatic carbocycles. The molecule has 0 saturated heterocycles. The van der Waals surface area contributed by atoms with Crippen molar-refractivity contribution >= 4 is 34.0 Å². The monoisotopic (exact) mass is 455 g/mol. The SMILES string of the molecule is CCOc1ccc(/C=c2/sc3nc(=O)c(Cc4ccc(Cl)cc4)nn3c2=O)cc1OC. The van der Waals surface area contributed by atoms with Crippen molar-refractivity contribution in [2.24, 2.45) is 0 Å². The molecule has 0 spiro atoms. The summed E-state index contributed by atoms with van der Waals surface area (Å²) in [5.74, 6) is 1.20. The van der Waals surface area contributed by atoms with Crippen molar-refractivity contribution < 1.29 is 9.47 Å². The third-order valence-corrected chi connectivity index (χ3v) is 5.73. The van der Waals surface area contributed by atoms with E-state index in [9.17, 15) is 9.59 Å². The fourth-order valence-electron chi connectivity index (χ4n) is 3.05. The van der Waals surface area contributed by atoms with Gasteiger partial charge in [-0.05, 0) is 48.4 Å². The van der Waals surface area contributed by atoms with Gasteiger partial charge in [0.2, 0.25) is 4.96 Å². The lowest BCUT2D eigenvalue weighted by molar-refractivity contribution is 0.311. The number of rotatable bonds is 6. The Morgan fingerprint density at radius 1 is 1.13 bits per heavy atom. The first kappa shape index (κ1) is 21.0. The first-order valence-corrected chi connectivity index (χ1v) is 10.7. The molecule has 0 saturated carbocycles. The molecular formula is C22H18ClN3O4S. The van der Waals surface area contributed by atoms with Gasteiger partial charge in [0.1, 0.15) is 5.69 Å². The van der Waals surface area contributed by atoms with Gasteiger partial charge in [-0.15, -0.1) is 0 Å². The van der Waals surface area contributed by atoms with E-state index in [0.29, 0.717) is 27.7 Å². The van der Waals surface area contributed by atoms with Crippen molar-refractivity contribution in [2.45, 2.75) is 13.3 Å². The molecule has 0 fully saturated rings. The highest BCUT2D eigenvalue weighted by Gasteiger charge is 2.12. The maximum Gasteiger partial charge on any atom is 0.296 e. The van der Waals surface area contributed by atoms with Crippen LogP contribution >= 0.6 is 22.9 Å². The van der Waals surface area contributed by atoms with E-state index in [4.69, 9.17) is 21.1 Å². The number of hydrogen-bond acceptors (Lipinski definition) is 7. The van der Waals surface area contributed by atoms with E-state index in [1.54, 1.807) is 37.5 Å². The average Bonchev–Trinajstić information content (AvgIpc) is 3.05. The number of hydrogen-bond donors (Lipinski definition) is 0. The average molecular weight is 456 g/mol. The summed E-state index contributed by atoms with van der Waals surface area (Å²) in [5.41, 5.74) is 1.02. The molecule has 0 N–H and O–H groups in total. The Bertz CT molecular complexity index is 1410. The van der Waals surface area contributed by atoms with Crippen molar-refractivity contribution in [3.05, 3.63) is 89.5 Å². The Morgan fingerprint density at radius 3 is 2.61 bits per heavy atom. The second kappa shape index (κ2) is 8.87. The first-order valence-electron chi connectivity index (χ1n) is 9.48. The van der Waals surface area contributed by atoms with Crippen molar-refractivity contribution in [1.29, 1.82) is 0 Å². The van der Waals surface area contributed by atoms with Gasteiger partial charge < -0.3 is 9.47 Å². The topological polar surface area (TPSA) is 82.8 Å². The fraction of sp³-hybridized carbons (Fsp3) is 0.182. The molecule has 0 aliphatic rings. The normalized spacial score (nSPS) is 11.8. The van der Waals surface area contributed by atoms with E-state index in [-0.39, 0.29) is 22.6 Å². The van der Waals surface area contributed by atoms with Crippen molar-refractivity contribution in [1.82, 2.24) is 14.6 Å². The molecule has 158 valence electrons. The molecule has 2 aromatic heterocycles. The molecule has 31 heavy (non-hydrogen) atoms. The number of methoxy groups -OCH3 is 1. The summed E-state index contributed by atoms with van der Waals surface area (Å²) in [6, 6.07) is 12.5. The van der Waals surface area contributed by atoms with Gasteiger partial charge >= 0.3 is 0 Å². The summed E-state index contributed by atoms with van der Waals surface area (Å²) >= 11 is 7.01. The molecule has 7 nitrogen and oxygen atoms in total. The highest BCUT2D eigenvalue weighted by molar-refractivity contribution is 7.15. The van der Waals surface area contributed by atoms with E-state index in [0.717, 1.165) is 22.5 Å². The van der Waals surface area contributed by atoms with Crippen LogP contribution in [0.4, 0.5) is 0 Å². The molecule has 0 bridgehead atoms. The van der Waals surface area contributed by atoms with E-state index >= 15 is 0 Å². The second-order valence-electron chi connectivity index (χ2n) is 6.62. The van der Waals surface area contributed by atoms with Gasteiger partial charge in [0.05, 0.1) is 18.2 Å². The molecule has 2 heterocycles. The first-order chi connectivity index (χ1) is 15.0.